The van der Waals surface area contributed by atoms with Crippen LogP contribution in [0.1, 0.15) is 64.9 Å². The molecule has 1 aliphatic heterocycles. The molecule has 1 atom stereocenters. The van der Waals surface area contributed by atoms with Gasteiger partial charge >= 0.3 is 0 Å². The fourth-order valence-electron chi connectivity index (χ4n) is 3.68. The van der Waals surface area contributed by atoms with Gasteiger partial charge in [-0.25, -0.2) is 4.99 Å². The van der Waals surface area contributed by atoms with Gasteiger partial charge in [-0.1, -0.05) is 38.3 Å². The molecule has 28 heavy (non-hydrogen) atoms. The smallest absolute Gasteiger partial charge is 0.191 e. The molecule has 5 nitrogen and oxygen atoms in total. The van der Waals surface area contributed by atoms with Crippen LogP contribution in [0, 0.1) is 5.92 Å². The summed E-state index contributed by atoms with van der Waals surface area (Å²) in [6.45, 7) is 10.5. The molecule has 1 aliphatic rings. The van der Waals surface area contributed by atoms with Crippen LogP contribution in [-0.4, -0.2) is 43.3 Å². The number of nitrogens with zero attached hydrogens (tertiary/aromatic N) is 2. The fraction of sp³-hybridized carbons (Fsp3) is 0.696. The minimum Gasteiger partial charge on any atom is -0.396 e. The minimum absolute atomic E-state index is 0.324. The highest BCUT2D eigenvalue weighted by Crippen LogP contribution is 2.23. The van der Waals surface area contributed by atoms with Gasteiger partial charge in [0.05, 0.1) is 6.54 Å². The Kier molecular flexibility index (Phi) is 10.2. The van der Waals surface area contributed by atoms with Gasteiger partial charge in [-0.2, -0.15) is 0 Å². The van der Waals surface area contributed by atoms with Crippen molar-refractivity contribution in [3.63, 3.8) is 0 Å². The lowest BCUT2D eigenvalue weighted by atomic mass is 9.97. The van der Waals surface area contributed by atoms with E-state index in [2.05, 4.69) is 60.6 Å². The summed E-state index contributed by atoms with van der Waals surface area (Å²) in [6.07, 6.45) is 7.16. The van der Waals surface area contributed by atoms with Crippen LogP contribution >= 0.6 is 0 Å². The van der Waals surface area contributed by atoms with Crippen molar-refractivity contribution in [3.05, 3.63) is 29.8 Å². The Hall–Kier alpha value is -1.75. The second kappa shape index (κ2) is 12.7. The number of aliphatic hydroxyl groups excluding tert-OH is 1. The summed E-state index contributed by atoms with van der Waals surface area (Å²) in [5, 5.41) is 16.2. The number of aliphatic imine (C=N–C) groups is 1. The van der Waals surface area contributed by atoms with Crippen LogP contribution < -0.4 is 15.5 Å². The van der Waals surface area contributed by atoms with Crippen molar-refractivity contribution >= 4 is 11.6 Å². The number of anilines is 1. The predicted octanol–water partition coefficient (Wildman–Crippen LogP) is 3.92. The quantitative estimate of drug-likeness (QED) is 0.323. The Morgan fingerprint density at radius 3 is 2.50 bits per heavy atom. The van der Waals surface area contributed by atoms with Crippen LogP contribution in [0.5, 0.6) is 0 Å². The van der Waals surface area contributed by atoms with Crippen LogP contribution in [0.4, 0.5) is 5.69 Å². The third-order valence-electron chi connectivity index (χ3n) is 5.56. The fourth-order valence-corrected chi connectivity index (χ4v) is 3.68. The van der Waals surface area contributed by atoms with Crippen LogP contribution in [0.3, 0.4) is 0 Å². The molecule has 1 heterocycles. The number of guanidine groups is 1. The predicted molar refractivity (Wildman–Crippen MR) is 120 cm³/mol. The molecule has 0 spiro atoms. The summed E-state index contributed by atoms with van der Waals surface area (Å²) < 4.78 is 0. The molecular weight excluding hydrogens is 348 g/mol. The van der Waals surface area contributed by atoms with Gasteiger partial charge < -0.3 is 20.6 Å². The Labute approximate surface area is 171 Å². The third kappa shape index (κ3) is 7.70. The SMILES string of the molecule is CCCCCC(C)NC(=NCc1ccc(N2CCC(CO)CC2)cc1)NCC. The number of rotatable bonds is 10. The van der Waals surface area contributed by atoms with E-state index in [0.717, 1.165) is 38.4 Å². The van der Waals surface area contributed by atoms with Crippen molar-refractivity contribution in [1.82, 2.24) is 10.6 Å². The lowest BCUT2D eigenvalue weighted by molar-refractivity contribution is 0.203. The van der Waals surface area contributed by atoms with Crippen LogP contribution in [0.2, 0.25) is 0 Å². The summed E-state index contributed by atoms with van der Waals surface area (Å²) in [5.74, 6) is 1.38. The van der Waals surface area contributed by atoms with Gasteiger partial charge in [0.25, 0.3) is 0 Å². The van der Waals surface area contributed by atoms with Gasteiger partial charge in [0, 0.05) is 38.0 Å². The molecule has 1 aromatic rings. The average molecular weight is 389 g/mol. The van der Waals surface area contributed by atoms with Gasteiger partial charge in [-0.05, 0) is 56.7 Å². The first-order valence-electron chi connectivity index (χ1n) is 11.2. The monoisotopic (exact) mass is 388 g/mol. The highest BCUT2D eigenvalue weighted by atomic mass is 16.3. The zero-order valence-electron chi connectivity index (χ0n) is 18.1. The second-order valence-electron chi connectivity index (χ2n) is 8.02. The van der Waals surface area contributed by atoms with Crippen LogP contribution in [0.25, 0.3) is 0 Å². The highest BCUT2D eigenvalue weighted by Gasteiger charge is 2.18. The molecule has 0 amide bonds. The topological polar surface area (TPSA) is 59.9 Å². The Morgan fingerprint density at radius 2 is 1.89 bits per heavy atom. The first-order chi connectivity index (χ1) is 13.7. The van der Waals surface area contributed by atoms with Crippen molar-refractivity contribution in [1.29, 1.82) is 0 Å². The second-order valence-corrected chi connectivity index (χ2v) is 8.02. The average Bonchev–Trinajstić information content (AvgIpc) is 2.73. The molecule has 1 saturated heterocycles. The number of unbranched alkanes of at least 4 members (excludes halogenated alkanes) is 2. The minimum atomic E-state index is 0.324. The molecule has 0 saturated carbocycles. The number of piperidine rings is 1. The molecule has 3 N–H and O–H groups in total. The molecular formula is C23H40N4O. The summed E-state index contributed by atoms with van der Waals surface area (Å²) in [7, 11) is 0. The molecule has 1 fully saturated rings. The van der Waals surface area contributed by atoms with Gasteiger partial charge in [-0.15, -0.1) is 0 Å². The van der Waals surface area contributed by atoms with Crippen LogP contribution in [0.15, 0.2) is 29.3 Å². The maximum Gasteiger partial charge on any atom is 0.191 e. The molecule has 1 aromatic carbocycles. The van der Waals surface area contributed by atoms with Crippen LogP contribution in [-0.2, 0) is 6.54 Å². The maximum atomic E-state index is 9.29. The number of aliphatic hydroxyl groups is 1. The maximum absolute atomic E-state index is 9.29. The van der Waals surface area contributed by atoms with Crippen molar-refractivity contribution in [2.24, 2.45) is 10.9 Å². The van der Waals surface area contributed by atoms with Gasteiger partial charge in [0.1, 0.15) is 0 Å². The van der Waals surface area contributed by atoms with E-state index in [-0.39, 0.29) is 0 Å². The van der Waals surface area contributed by atoms with E-state index in [1.165, 1.54) is 36.9 Å². The molecule has 0 aromatic heterocycles. The van der Waals surface area contributed by atoms with Gasteiger partial charge in [-0.3, -0.25) is 0 Å². The molecule has 0 bridgehead atoms. The Morgan fingerprint density at radius 1 is 1.18 bits per heavy atom. The largest absolute Gasteiger partial charge is 0.396 e. The molecule has 2 rings (SSSR count). The number of hydrogen-bond acceptors (Lipinski definition) is 3. The Bertz CT molecular complexity index is 564. The molecule has 0 aliphatic carbocycles. The molecule has 5 heteroatoms. The number of nitrogens with one attached hydrogen (secondary N) is 2. The van der Waals surface area contributed by atoms with Crippen molar-refractivity contribution in [2.75, 3.05) is 31.1 Å². The summed E-state index contributed by atoms with van der Waals surface area (Å²) >= 11 is 0. The number of benzene rings is 1. The van der Waals surface area contributed by atoms with Crippen molar-refractivity contribution < 1.29 is 5.11 Å². The van der Waals surface area contributed by atoms with Crippen molar-refractivity contribution in [3.8, 4) is 0 Å². The zero-order chi connectivity index (χ0) is 20.2. The summed E-state index contributed by atoms with van der Waals surface area (Å²) in [5.41, 5.74) is 2.50. The van der Waals surface area contributed by atoms with E-state index in [0.29, 0.717) is 25.1 Å². The van der Waals surface area contributed by atoms with E-state index < -0.39 is 0 Å². The van der Waals surface area contributed by atoms with Gasteiger partial charge in [0.2, 0.25) is 0 Å². The summed E-state index contributed by atoms with van der Waals surface area (Å²) in [6, 6.07) is 9.22. The normalized spacial score (nSPS) is 16.9. The highest BCUT2D eigenvalue weighted by molar-refractivity contribution is 5.80. The van der Waals surface area contributed by atoms with E-state index in [1.54, 1.807) is 0 Å². The lowest BCUT2D eigenvalue weighted by Gasteiger charge is -2.32. The first-order valence-corrected chi connectivity index (χ1v) is 11.2. The summed E-state index contributed by atoms with van der Waals surface area (Å²) in [4.78, 5) is 7.19. The van der Waals surface area contributed by atoms with E-state index in [9.17, 15) is 5.11 Å². The lowest BCUT2D eigenvalue weighted by Crippen LogP contribution is -2.42. The van der Waals surface area contributed by atoms with E-state index >= 15 is 0 Å². The van der Waals surface area contributed by atoms with E-state index in [1.807, 2.05) is 0 Å². The zero-order valence-corrected chi connectivity index (χ0v) is 18.1. The van der Waals surface area contributed by atoms with E-state index in [4.69, 9.17) is 4.99 Å². The molecule has 0 radical (unpaired) electrons. The molecule has 1 unspecified atom stereocenters. The van der Waals surface area contributed by atoms with Crippen molar-refractivity contribution in [2.45, 2.75) is 71.9 Å². The van der Waals surface area contributed by atoms with Gasteiger partial charge in [0.15, 0.2) is 5.96 Å². The number of hydrogen-bond donors (Lipinski definition) is 3. The third-order valence-corrected chi connectivity index (χ3v) is 5.56. The Balaban J connectivity index is 1.86. The molecule has 158 valence electrons. The standard InChI is InChI=1S/C23H40N4O/c1-4-6-7-8-19(3)26-23(24-5-2)25-17-20-9-11-22(12-10-20)27-15-13-21(18-28)14-16-27/h9-12,19,21,28H,4-8,13-18H2,1-3H3,(H2,24,25,26). The first kappa shape index (κ1) is 22.5.